The van der Waals surface area contributed by atoms with E-state index >= 15 is 0 Å². The minimum Gasteiger partial charge on any atom is -0.448 e. The molecule has 10 heavy (non-hydrogen) atoms. The molecule has 1 aromatic rings. The molecule has 0 fully saturated rings. The Kier molecular flexibility index (Phi) is 1.35. The van der Waals surface area contributed by atoms with Crippen molar-refractivity contribution in [2.24, 2.45) is 0 Å². The molecule has 0 bridgehead atoms. The van der Waals surface area contributed by atoms with Crippen LogP contribution < -0.4 is 4.74 Å². The fourth-order valence-corrected chi connectivity index (χ4v) is 1.98. The summed E-state index contributed by atoms with van der Waals surface area (Å²) in [5.74, 6) is 0.817. The van der Waals surface area contributed by atoms with Gasteiger partial charge in [-0.05, 0) is 18.3 Å². The molecular weight excluding hydrogens is 166 g/mol. The molecule has 1 aliphatic heterocycles. The van der Waals surface area contributed by atoms with Crippen LogP contribution >= 0.6 is 23.6 Å². The van der Waals surface area contributed by atoms with Crippen LogP contribution in [0.2, 0.25) is 0 Å². The number of fused-ring (bicyclic) bond motifs is 1. The van der Waals surface area contributed by atoms with Crippen LogP contribution in [0, 0.1) is 3.95 Å². The molecule has 0 atom stereocenters. The lowest BCUT2D eigenvalue weighted by molar-refractivity contribution is 0.449. The van der Waals surface area contributed by atoms with Crippen molar-refractivity contribution in [2.45, 2.75) is 6.42 Å². The molecule has 0 amide bonds. The third kappa shape index (κ3) is 0.892. The summed E-state index contributed by atoms with van der Waals surface area (Å²) in [6.07, 6.45) is 4.59. The summed E-state index contributed by atoms with van der Waals surface area (Å²) in [5.41, 5.74) is 0. The monoisotopic (exact) mass is 171 g/mol. The Morgan fingerprint density at radius 1 is 1.70 bits per heavy atom. The van der Waals surface area contributed by atoms with Gasteiger partial charge in [-0.25, -0.2) is 0 Å². The zero-order chi connectivity index (χ0) is 6.97. The fourth-order valence-electron chi connectivity index (χ4n) is 0.847. The van der Waals surface area contributed by atoms with Crippen LogP contribution in [0.1, 0.15) is 4.88 Å². The van der Waals surface area contributed by atoms with Gasteiger partial charge >= 0.3 is 0 Å². The topological polar surface area (TPSA) is 25.0 Å². The minimum absolute atomic E-state index is 0.786. The number of thiazole rings is 1. The molecule has 0 saturated carbocycles. The molecule has 2 heterocycles. The maximum Gasteiger partial charge on any atom is 0.211 e. The predicted molar refractivity (Wildman–Crippen MR) is 43.0 cm³/mol. The van der Waals surface area contributed by atoms with Crippen molar-refractivity contribution < 1.29 is 4.74 Å². The van der Waals surface area contributed by atoms with Gasteiger partial charge in [0.05, 0.1) is 11.1 Å². The molecule has 1 aromatic heterocycles. The van der Waals surface area contributed by atoms with E-state index in [4.69, 9.17) is 17.0 Å². The first-order chi connectivity index (χ1) is 4.86. The second-order valence-corrected chi connectivity index (χ2v) is 3.73. The van der Waals surface area contributed by atoms with E-state index in [1.165, 1.54) is 4.88 Å². The fraction of sp³-hybridized carbons (Fsp3) is 0.167. The summed E-state index contributed by atoms with van der Waals surface area (Å²) in [4.78, 5) is 4.14. The number of H-pyrrole nitrogens is 1. The number of allylic oxidation sites excluding steroid dienone is 1. The molecule has 52 valence electrons. The Morgan fingerprint density at radius 3 is 3.40 bits per heavy atom. The SMILES string of the molecule is S=c1[nH]c2c(s1)CC=CO2. The quantitative estimate of drug-likeness (QED) is 0.606. The van der Waals surface area contributed by atoms with E-state index < -0.39 is 0 Å². The zero-order valence-electron chi connectivity index (χ0n) is 5.09. The number of aromatic amines is 1. The molecule has 0 spiro atoms. The summed E-state index contributed by atoms with van der Waals surface area (Å²) >= 11 is 6.51. The van der Waals surface area contributed by atoms with E-state index in [0.717, 1.165) is 16.3 Å². The van der Waals surface area contributed by atoms with E-state index in [1.54, 1.807) is 17.6 Å². The number of hydrogen-bond donors (Lipinski definition) is 1. The normalized spacial score (nSPS) is 14.4. The highest BCUT2D eigenvalue weighted by Crippen LogP contribution is 2.26. The smallest absolute Gasteiger partial charge is 0.211 e. The van der Waals surface area contributed by atoms with Crippen molar-refractivity contribution in [3.05, 3.63) is 21.2 Å². The lowest BCUT2D eigenvalue weighted by atomic mass is 10.3. The van der Waals surface area contributed by atoms with E-state index in [0.29, 0.717) is 0 Å². The van der Waals surface area contributed by atoms with Gasteiger partial charge in [0.2, 0.25) is 5.88 Å². The number of nitrogens with one attached hydrogen (secondary N) is 1. The minimum atomic E-state index is 0.786. The Labute approximate surface area is 67.2 Å². The van der Waals surface area contributed by atoms with Crippen LogP contribution in [0.3, 0.4) is 0 Å². The molecule has 0 aliphatic carbocycles. The van der Waals surface area contributed by atoms with Crippen molar-refractivity contribution in [1.29, 1.82) is 0 Å². The third-order valence-electron chi connectivity index (χ3n) is 1.27. The summed E-state index contributed by atoms with van der Waals surface area (Å²) in [6.45, 7) is 0. The summed E-state index contributed by atoms with van der Waals surface area (Å²) in [5, 5.41) is 0. The van der Waals surface area contributed by atoms with Crippen LogP contribution in [-0.4, -0.2) is 4.98 Å². The Bertz CT molecular complexity index is 294. The van der Waals surface area contributed by atoms with Crippen LogP contribution in [0.4, 0.5) is 0 Å². The average molecular weight is 171 g/mol. The molecular formula is C6H5NOS2. The van der Waals surface area contributed by atoms with Gasteiger partial charge in [-0.1, -0.05) is 0 Å². The predicted octanol–water partition coefficient (Wildman–Crippen LogP) is 2.25. The molecule has 1 N–H and O–H groups in total. The van der Waals surface area contributed by atoms with Crippen molar-refractivity contribution in [1.82, 2.24) is 4.98 Å². The zero-order valence-corrected chi connectivity index (χ0v) is 6.72. The molecule has 2 rings (SSSR count). The molecule has 2 nitrogen and oxygen atoms in total. The van der Waals surface area contributed by atoms with Crippen LogP contribution in [0.15, 0.2) is 12.3 Å². The third-order valence-corrected chi connectivity index (χ3v) is 2.51. The summed E-state index contributed by atoms with van der Waals surface area (Å²) in [6, 6.07) is 0. The lowest BCUT2D eigenvalue weighted by Gasteiger charge is -2.02. The molecule has 0 radical (unpaired) electrons. The number of hydrogen-bond acceptors (Lipinski definition) is 3. The van der Waals surface area contributed by atoms with Crippen molar-refractivity contribution in [3.63, 3.8) is 0 Å². The average Bonchev–Trinajstić information content (AvgIpc) is 2.27. The van der Waals surface area contributed by atoms with Gasteiger partial charge in [-0.15, -0.1) is 11.3 Å². The van der Waals surface area contributed by atoms with Crippen molar-refractivity contribution >= 4 is 23.6 Å². The Morgan fingerprint density at radius 2 is 2.60 bits per heavy atom. The largest absolute Gasteiger partial charge is 0.448 e. The van der Waals surface area contributed by atoms with Gasteiger partial charge in [0.1, 0.15) is 0 Å². The number of rotatable bonds is 0. The molecule has 0 saturated heterocycles. The highest BCUT2D eigenvalue weighted by Gasteiger charge is 2.07. The highest BCUT2D eigenvalue weighted by molar-refractivity contribution is 7.73. The first kappa shape index (κ1) is 6.12. The first-order valence-electron chi connectivity index (χ1n) is 2.90. The van der Waals surface area contributed by atoms with E-state index in [9.17, 15) is 0 Å². The van der Waals surface area contributed by atoms with Gasteiger partial charge in [0.25, 0.3) is 0 Å². The van der Waals surface area contributed by atoms with Gasteiger partial charge in [0.15, 0.2) is 3.95 Å². The number of aromatic nitrogens is 1. The van der Waals surface area contributed by atoms with Gasteiger partial charge in [-0.2, -0.15) is 0 Å². The Balaban J connectivity index is 2.56. The second-order valence-electron chi connectivity index (χ2n) is 1.96. The van der Waals surface area contributed by atoms with E-state index in [-0.39, 0.29) is 0 Å². The second kappa shape index (κ2) is 2.21. The summed E-state index contributed by atoms with van der Waals surface area (Å²) in [7, 11) is 0. The van der Waals surface area contributed by atoms with Crippen LogP contribution in [-0.2, 0) is 6.42 Å². The maximum atomic E-state index is 5.15. The van der Waals surface area contributed by atoms with Crippen LogP contribution in [0.25, 0.3) is 0 Å². The molecule has 1 aliphatic rings. The maximum absolute atomic E-state index is 5.15. The lowest BCUT2D eigenvalue weighted by Crippen LogP contribution is -1.91. The number of ether oxygens (including phenoxy) is 1. The van der Waals surface area contributed by atoms with E-state index in [2.05, 4.69) is 4.98 Å². The van der Waals surface area contributed by atoms with Gasteiger partial charge in [-0.3, -0.25) is 0 Å². The van der Waals surface area contributed by atoms with Crippen LogP contribution in [0.5, 0.6) is 5.88 Å². The highest BCUT2D eigenvalue weighted by atomic mass is 32.1. The van der Waals surface area contributed by atoms with E-state index in [1.807, 2.05) is 6.08 Å². The van der Waals surface area contributed by atoms with Gasteiger partial charge in [0, 0.05) is 6.42 Å². The van der Waals surface area contributed by atoms with Crippen molar-refractivity contribution in [3.8, 4) is 5.88 Å². The molecule has 0 aromatic carbocycles. The summed E-state index contributed by atoms with van der Waals surface area (Å²) < 4.78 is 5.94. The Hall–Kier alpha value is -0.610. The first-order valence-corrected chi connectivity index (χ1v) is 4.12. The molecule has 0 unspecified atom stereocenters. The molecule has 4 heteroatoms. The standard InChI is InChI=1S/C6H5NOS2/c9-6-7-5-4(10-6)2-1-3-8-5/h1,3H,2H2,(H,7,9). The van der Waals surface area contributed by atoms with Crippen molar-refractivity contribution in [2.75, 3.05) is 0 Å². The van der Waals surface area contributed by atoms with Gasteiger partial charge < -0.3 is 9.72 Å².